The molecule has 2 aromatic carbocycles. The SMILES string of the molecule is Cc1cc(C)cc(-n2ccnc2-c2ccccc2)c1. The summed E-state index contributed by atoms with van der Waals surface area (Å²) in [5.41, 5.74) is 4.82. The van der Waals surface area contributed by atoms with Gasteiger partial charge in [0.05, 0.1) is 0 Å². The topological polar surface area (TPSA) is 17.8 Å². The van der Waals surface area contributed by atoms with E-state index in [0.29, 0.717) is 0 Å². The number of imidazole rings is 1. The normalized spacial score (nSPS) is 10.6. The Morgan fingerprint density at radius 1 is 0.895 bits per heavy atom. The molecule has 1 heterocycles. The monoisotopic (exact) mass is 248 g/mol. The minimum Gasteiger partial charge on any atom is -0.300 e. The fourth-order valence-corrected chi connectivity index (χ4v) is 2.40. The van der Waals surface area contributed by atoms with Gasteiger partial charge in [0.25, 0.3) is 0 Å². The molecule has 0 aliphatic rings. The Hall–Kier alpha value is -2.35. The van der Waals surface area contributed by atoms with Crippen LogP contribution in [0.4, 0.5) is 0 Å². The van der Waals surface area contributed by atoms with Crippen LogP contribution < -0.4 is 0 Å². The number of nitrogens with zero attached hydrogens (tertiary/aromatic N) is 2. The molecule has 0 amide bonds. The van der Waals surface area contributed by atoms with E-state index in [-0.39, 0.29) is 0 Å². The highest BCUT2D eigenvalue weighted by Gasteiger charge is 2.07. The lowest BCUT2D eigenvalue weighted by Crippen LogP contribution is -1.97. The largest absolute Gasteiger partial charge is 0.300 e. The lowest BCUT2D eigenvalue weighted by atomic mass is 10.1. The second-order valence-electron chi connectivity index (χ2n) is 4.83. The van der Waals surface area contributed by atoms with Gasteiger partial charge in [-0.25, -0.2) is 4.98 Å². The van der Waals surface area contributed by atoms with Gasteiger partial charge in [-0.2, -0.15) is 0 Å². The van der Waals surface area contributed by atoms with E-state index in [1.165, 1.54) is 11.1 Å². The molecule has 19 heavy (non-hydrogen) atoms. The van der Waals surface area contributed by atoms with Gasteiger partial charge in [-0.05, 0) is 37.1 Å². The molecule has 3 aromatic rings. The minimum absolute atomic E-state index is 0.977. The first kappa shape index (κ1) is 11.7. The standard InChI is InChI=1S/C17H16N2/c1-13-10-14(2)12-16(11-13)19-9-8-18-17(19)15-6-4-3-5-7-15/h3-12H,1-2H3. The highest BCUT2D eigenvalue weighted by Crippen LogP contribution is 2.22. The summed E-state index contributed by atoms with van der Waals surface area (Å²) in [6.07, 6.45) is 3.86. The van der Waals surface area contributed by atoms with E-state index in [1.54, 1.807) is 0 Å². The molecule has 94 valence electrons. The van der Waals surface area contributed by atoms with Crippen molar-refractivity contribution in [2.45, 2.75) is 13.8 Å². The van der Waals surface area contributed by atoms with Gasteiger partial charge in [0.15, 0.2) is 0 Å². The zero-order chi connectivity index (χ0) is 13.2. The van der Waals surface area contributed by atoms with Gasteiger partial charge in [0, 0.05) is 23.6 Å². The van der Waals surface area contributed by atoms with Crippen molar-refractivity contribution < 1.29 is 0 Å². The molecule has 0 fully saturated rings. The Bertz CT molecular complexity index is 676. The van der Waals surface area contributed by atoms with Crippen molar-refractivity contribution in [3.63, 3.8) is 0 Å². The van der Waals surface area contributed by atoms with Gasteiger partial charge in [-0.15, -0.1) is 0 Å². The molecule has 2 heteroatoms. The van der Waals surface area contributed by atoms with Gasteiger partial charge < -0.3 is 0 Å². The molecule has 0 saturated heterocycles. The maximum atomic E-state index is 4.49. The molecule has 0 unspecified atom stereocenters. The molecule has 0 saturated carbocycles. The lowest BCUT2D eigenvalue weighted by Gasteiger charge is -2.10. The average Bonchev–Trinajstić information content (AvgIpc) is 2.88. The first-order chi connectivity index (χ1) is 9.24. The summed E-state index contributed by atoms with van der Waals surface area (Å²) in [5.74, 6) is 0.977. The fourth-order valence-electron chi connectivity index (χ4n) is 2.40. The number of aromatic nitrogens is 2. The van der Waals surface area contributed by atoms with E-state index in [2.05, 4.69) is 53.7 Å². The average molecular weight is 248 g/mol. The molecule has 1 aromatic heterocycles. The summed E-state index contributed by atoms with van der Waals surface area (Å²) >= 11 is 0. The molecule has 0 bridgehead atoms. The van der Waals surface area contributed by atoms with Gasteiger partial charge in [0.1, 0.15) is 5.82 Å². The number of aryl methyl sites for hydroxylation is 2. The zero-order valence-corrected chi connectivity index (χ0v) is 11.2. The van der Waals surface area contributed by atoms with Crippen molar-refractivity contribution >= 4 is 0 Å². The molecule has 0 aliphatic carbocycles. The molecular formula is C17H16N2. The maximum absolute atomic E-state index is 4.49. The first-order valence-electron chi connectivity index (χ1n) is 6.41. The van der Waals surface area contributed by atoms with Crippen LogP contribution in [0.3, 0.4) is 0 Å². The van der Waals surface area contributed by atoms with Crippen LogP contribution in [0.2, 0.25) is 0 Å². The van der Waals surface area contributed by atoms with Crippen LogP contribution in [0, 0.1) is 13.8 Å². The minimum atomic E-state index is 0.977. The van der Waals surface area contributed by atoms with Crippen LogP contribution >= 0.6 is 0 Å². The van der Waals surface area contributed by atoms with E-state index in [9.17, 15) is 0 Å². The van der Waals surface area contributed by atoms with E-state index in [1.807, 2.05) is 30.6 Å². The maximum Gasteiger partial charge on any atom is 0.144 e. The van der Waals surface area contributed by atoms with Gasteiger partial charge in [-0.1, -0.05) is 36.4 Å². The molecular weight excluding hydrogens is 232 g/mol. The Morgan fingerprint density at radius 3 is 2.26 bits per heavy atom. The first-order valence-corrected chi connectivity index (χ1v) is 6.41. The summed E-state index contributed by atoms with van der Waals surface area (Å²) in [6.45, 7) is 4.24. The Labute approximate surface area is 113 Å². The molecule has 0 spiro atoms. The van der Waals surface area contributed by atoms with Crippen molar-refractivity contribution in [2.75, 3.05) is 0 Å². The lowest BCUT2D eigenvalue weighted by molar-refractivity contribution is 1.06. The van der Waals surface area contributed by atoms with Crippen molar-refractivity contribution in [2.24, 2.45) is 0 Å². The third-order valence-corrected chi connectivity index (χ3v) is 3.16. The van der Waals surface area contributed by atoms with Crippen molar-refractivity contribution in [3.8, 4) is 17.1 Å². The van der Waals surface area contributed by atoms with E-state index in [4.69, 9.17) is 0 Å². The summed E-state index contributed by atoms with van der Waals surface area (Å²) < 4.78 is 2.13. The molecule has 2 nitrogen and oxygen atoms in total. The predicted molar refractivity (Wildman–Crippen MR) is 78.5 cm³/mol. The van der Waals surface area contributed by atoms with Crippen LogP contribution in [0.1, 0.15) is 11.1 Å². The Kier molecular flexibility index (Phi) is 2.92. The molecule has 3 rings (SSSR count). The van der Waals surface area contributed by atoms with Crippen molar-refractivity contribution in [1.29, 1.82) is 0 Å². The smallest absolute Gasteiger partial charge is 0.144 e. The van der Waals surface area contributed by atoms with E-state index < -0.39 is 0 Å². The molecule has 0 atom stereocenters. The molecule has 0 radical (unpaired) electrons. The summed E-state index contributed by atoms with van der Waals surface area (Å²) in [7, 11) is 0. The second-order valence-corrected chi connectivity index (χ2v) is 4.83. The van der Waals surface area contributed by atoms with Crippen LogP contribution in [0.5, 0.6) is 0 Å². The summed E-state index contributed by atoms with van der Waals surface area (Å²) in [5, 5.41) is 0. The van der Waals surface area contributed by atoms with Crippen LogP contribution in [0.25, 0.3) is 17.1 Å². The van der Waals surface area contributed by atoms with Crippen LogP contribution in [-0.4, -0.2) is 9.55 Å². The number of rotatable bonds is 2. The third-order valence-electron chi connectivity index (χ3n) is 3.16. The van der Waals surface area contributed by atoms with Crippen molar-refractivity contribution in [3.05, 3.63) is 72.1 Å². The van der Waals surface area contributed by atoms with E-state index in [0.717, 1.165) is 17.1 Å². The number of hydrogen-bond acceptors (Lipinski definition) is 1. The van der Waals surface area contributed by atoms with E-state index >= 15 is 0 Å². The van der Waals surface area contributed by atoms with Gasteiger partial charge >= 0.3 is 0 Å². The third kappa shape index (κ3) is 2.29. The fraction of sp³-hybridized carbons (Fsp3) is 0.118. The highest BCUT2D eigenvalue weighted by molar-refractivity contribution is 5.59. The molecule has 0 aliphatic heterocycles. The van der Waals surface area contributed by atoms with Crippen LogP contribution in [0.15, 0.2) is 60.9 Å². The van der Waals surface area contributed by atoms with Gasteiger partial charge in [0.2, 0.25) is 0 Å². The summed E-state index contributed by atoms with van der Waals surface area (Å²) in [4.78, 5) is 4.49. The highest BCUT2D eigenvalue weighted by atomic mass is 15.1. The van der Waals surface area contributed by atoms with Crippen LogP contribution in [-0.2, 0) is 0 Å². The number of hydrogen-bond donors (Lipinski definition) is 0. The Morgan fingerprint density at radius 2 is 1.58 bits per heavy atom. The quantitative estimate of drug-likeness (QED) is 0.666. The zero-order valence-electron chi connectivity index (χ0n) is 11.2. The summed E-state index contributed by atoms with van der Waals surface area (Å²) in [6, 6.07) is 16.8. The predicted octanol–water partition coefficient (Wildman–Crippen LogP) is 4.16. The van der Waals surface area contributed by atoms with Gasteiger partial charge in [-0.3, -0.25) is 4.57 Å². The molecule has 0 N–H and O–H groups in total. The van der Waals surface area contributed by atoms with Crippen molar-refractivity contribution in [1.82, 2.24) is 9.55 Å². The second kappa shape index (κ2) is 4.73. The number of benzene rings is 2. The Balaban J connectivity index is 2.15.